The maximum Gasteiger partial charge on any atom is 0.337 e. The molecule has 1 heterocycles. The molecule has 11 heteroatoms. The van der Waals surface area contributed by atoms with Gasteiger partial charge in [-0.1, -0.05) is 12.1 Å². The van der Waals surface area contributed by atoms with Crippen molar-refractivity contribution in [1.82, 2.24) is 15.1 Å². The number of carbonyl (C=O) groups is 2. The number of hydrogen-bond acceptors (Lipinski definition) is 5. The summed E-state index contributed by atoms with van der Waals surface area (Å²) in [6, 6.07) is 10.4. The minimum atomic E-state index is -3.07. The normalized spacial score (nSPS) is 12.4. The molecule has 0 saturated carbocycles. The first-order valence-electron chi connectivity index (χ1n) is 10.4. The van der Waals surface area contributed by atoms with Crippen LogP contribution in [0.2, 0.25) is 0 Å². The van der Waals surface area contributed by atoms with Gasteiger partial charge in [-0.05, 0) is 48.9 Å². The third-order valence-corrected chi connectivity index (χ3v) is 5.21. The van der Waals surface area contributed by atoms with Gasteiger partial charge in [0, 0.05) is 19.5 Å². The van der Waals surface area contributed by atoms with Crippen molar-refractivity contribution in [3.8, 4) is 11.6 Å². The van der Waals surface area contributed by atoms with Gasteiger partial charge in [-0.3, -0.25) is 4.79 Å². The fraction of sp³-hybridized carbons (Fsp3) is 0.292. The Morgan fingerprint density at radius 1 is 1.06 bits per heavy atom. The van der Waals surface area contributed by atoms with E-state index >= 15 is 0 Å². The van der Waals surface area contributed by atoms with Crippen molar-refractivity contribution in [2.75, 3.05) is 7.11 Å². The van der Waals surface area contributed by atoms with Crippen molar-refractivity contribution in [3.05, 3.63) is 76.5 Å². The van der Waals surface area contributed by atoms with Crippen LogP contribution in [0.5, 0.6) is 11.6 Å². The third kappa shape index (κ3) is 5.79. The predicted octanol–water partition coefficient (Wildman–Crippen LogP) is 5.54. The number of hydrogen-bond donors (Lipinski definition) is 1. The highest BCUT2D eigenvalue weighted by Crippen LogP contribution is 2.34. The summed E-state index contributed by atoms with van der Waals surface area (Å²) in [5, 5.41) is 6.33. The van der Waals surface area contributed by atoms with E-state index in [1.807, 2.05) is 0 Å². The van der Waals surface area contributed by atoms with Crippen LogP contribution in [0.15, 0.2) is 48.5 Å². The number of carbonyl (C=O) groups excluding carboxylic acids is 2. The first-order valence-corrected chi connectivity index (χ1v) is 10.4. The Balaban J connectivity index is 1.87. The average Bonchev–Trinajstić information content (AvgIpc) is 3.14. The first-order chi connectivity index (χ1) is 16.4. The second kappa shape index (κ2) is 10.2. The number of nitrogens with zero attached hydrogens (tertiary/aromatic N) is 2. The Labute approximate surface area is 198 Å². The molecule has 0 fully saturated rings. The zero-order chi connectivity index (χ0) is 25.9. The number of rotatable bonds is 8. The van der Waals surface area contributed by atoms with Gasteiger partial charge in [-0.15, -0.1) is 0 Å². The highest BCUT2D eigenvalue weighted by atomic mass is 19.3. The standard InChI is InChI=1S/C24H23F4N3O4/c1-13(14-5-7-15(8-6-14)23(33)34-4)29-21(32)18-19(20(25)26)30-31(3)22(18)35-17-11-9-16(10-12-17)24(2,27)28/h5-13,20H,1-4H3,(H,29,32)/t13-/m0/s1. The van der Waals surface area contributed by atoms with Crippen LogP contribution in [0.1, 0.15) is 63.9 Å². The summed E-state index contributed by atoms with van der Waals surface area (Å²) >= 11 is 0. The number of halogens is 4. The number of methoxy groups -OCH3 is 1. The second-order valence-electron chi connectivity index (χ2n) is 7.81. The van der Waals surface area contributed by atoms with Crippen LogP contribution in [0.25, 0.3) is 0 Å². The Hall–Kier alpha value is -3.89. The van der Waals surface area contributed by atoms with E-state index in [1.54, 1.807) is 19.1 Å². The van der Waals surface area contributed by atoms with E-state index in [1.165, 1.54) is 38.4 Å². The molecule has 35 heavy (non-hydrogen) atoms. The lowest BCUT2D eigenvalue weighted by molar-refractivity contribution is 0.0174. The quantitative estimate of drug-likeness (QED) is 0.329. The van der Waals surface area contributed by atoms with Crippen molar-refractivity contribution in [1.29, 1.82) is 0 Å². The molecule has 1 N–H and O–H groups in total. The van der Waals surface area contributed by atoms with Crippen molar-refractivity contribution in [2.24, 2.45) is 7.05 Å². The Kier molecular flexibility index (Phi) is 7.47. The zero-order valence-corrected chi connectivity index (χ0v) is 19.3. The summed E-state index contributed by atoms with van der Waals surface area (Å²) in [6.45, 7) is 2.37. The molecule has 3 aromatic rings. The predicted molar refractivity (Wildman–Crippen MR) is 118 cm³/mol. The van der Waals surface area contributed by atoms with Gasteiger partial charge in [-0.25, -0.2) is 27.0 Å². The van der Waals surface area contributed by atoms with Crippen LogP contribution in [0.4, 0.5) is 17.6 Å². The molecule has 0 unspecified atom stereocenters. The van der Waals surface area contributed by atoms with Crippen LogP contribution in [-0.4, -0.2) is 28.8 Å². The molecule has 0 spiro atoms. The third-order valence-electron chi connectivity index (χ3n) is 5.21. The number of aryl methyl sites for hydroxylation is 1. The molecule has 0 bridgehead atoms. The molecule has 3 rings (SSSR count). The summed E-state index contributed by atoms with van der Waals surface area (Å²) < 4.78 is 65.5. The van der Waals surface area contributed by atoms with E-state index in [0.717, 1.165) is 23.7 Å². The Bertz CT molecular complexity index is 1200. The minimum absolute atomic E-state index is 0.0577. The maximum absolute atomic E-state index is 13.7. The summed E-state index contributed by atoms with van der Waals surface area (Å²) in [4.78, 5) is 24.6. The highest BCUT2D eigenvalue weighted by Gasteiger charge is 2.31. The number of nitrogens with one attached hydrogen (secondary N) is 1. The molecular weight excluding hydrogens is 470 g/mol. The van der Waals surface area contributed by atoms with Gasteiger partial charge in [0.15, 0.2) is 0 Å². The van der Waals surface area contributed by atoms with Gasteiger partial charge in [0.2, 0.25) is 5.88 Å². The van der Waals surface area contributed by atoms with Crippen molar-refractivity contribution < 1.29 is 36.6 Å². The molecule has 2 aromatic carbocycles. The lowest BCUT2D eigenvalue weighted by atomic mass is 10.1. The van der Waals surface area contributed by atoms with Gasteiger partial charge in [-0.2, -0.15) is 5.10 Å². The van der Waals surface area contributed by atoms with Crippen LogP contribution < -0.4 is 10.1 Å². The summed E-state index contributed by atoms with van der Waals surface area (Å²) in [5.74, 6) is -4.68. The molecule has 0 aliphatic rings. The smallest absolute Gasteiger partial charge is 0.337 e. The Morgan fingerprint density at radius 3 is 2.17 bits per heavy atom. The number of amides is 1. The number of aromatic nitrogens is 2. The van der Waals surface area contributed by atoms with Crippen LogP contribution in [0.3, 0.4) is 0 Å². The number of alkyl halides is 4. The van der Waals surface area contributed by atoms with E-state index in [9.17, 15) is 27.2 Å². The van der Waals surface area contributed by atoms with Gasteiger partial charge < -0.3 is 14.8 Å². The van der Waals surface area contributed by atoms with Gasteiger partial charge in [0.1, 0.15) is 17.0 Å². The van der Waals surface area contributed by atoms with Crippen LogP contribution in [0, 0.1) is 0 Å². The summed E-state index contributed by atoms with van der Waals surface area (Å²) in [6.07, 6.45) is -3.07. The monoisotopic (exact) mass is 493 g/mol. The van der Waals surface area contributed by atoms with Crippen molar-refractivity contribution >= 4 is 11.9 Å². The lowest BCUT2D eigenvalue weighted by Crippen LogP contribution is -2.27. The van der Waals surface area contributed by atoms with Crippen LogP contribution >= 0.6 is 0 Å². The average molecular weight is 493 g/mol. The fourth-order valence-corrected chi connectivity index (χ4v) is 3.32. The van der Waals surface area contributed by atoms with Gasteiger partial charge >= 0.3 is 5.97 Å². The molecule has 7 nitrogen and oxygen atoms in total. The molecule has 0 radical (unpaired) electrons. The van der Waals surface area contributed by atoms with E-state index in [-0.39, 0.29) is 17.2 Å². The molecule has 1 aromatic heterocycles. The first kappa shape index (κ1) is 25.7. The molecule has 186 valence electrons. The van der Waals surface area contributed by atoms with Crippen LogP contribution in [-0.2, 0) is 17.7 Å². The number of ether oxygens (including phenoxy) is 2. The number of benzene rings is 2. The molecule has 1 atom stereocenters. The molecule has 1 amide bonds. The van der Waals surface area contributed by atoms with E-state index < -0.39 is 41.5 Å². The molecule has 0 aliphatic carbocycles. The fourth-order valence-electron chi connectivity index (χ4n) is 3.32. The Morgan fingerprint density at radius 2 is 1.66 bits per heavy atom. The topological polar surface area (TPSA) is 82.5 Å². The minimum Gasteiger partial charge on any atom is -0.465 e. The highest BCUT2D eigenvalue weighted by molar-refractivity contribution is 5.98. The molecule has 0 saturated heterocycles. The van der Waals surface area contributed by atoms with Gasteiger partial charge in [0.25, 0.3) is 18.3 Å². The van der Waals surface area contributed by atoms with Gasteiger partial charge in [0.05, 0.1) is 18.7 Å². The summed E-state index contributed by atoms with van der Waals surface area (Å²) in [7, 11) is 2.57. The maximum atomic E-state index is 13.7. The SMILES string of the molecule is COC(=O)c1ccc([C@H](C)NC(=O)c2c(C(F)F)nn(C)c2Oc2ccc(C(C)(F)F)cc2)cc1. The summed E-state index contributed by atoms with van der Waals surface area (Å²) in [5.41, 5.74) is -0.611. The van der Waals surface area contributed by atoms with E-state index in [2.05, 4.69) is 15.2 Å². The van der Waals surface area contributed by atoms with Crippen molar-refractivity contribution in [3.63, 3.8) is 0 Å². The molecular formula is C24H23F4N3O4. The number of esters is 1. The zero-order valence-electron chi connectivity index (χ0n) is 19.3. The van der Waals surface area contributed by atoms with E-state index in [0.29, 0.717) is 11.1 Å². The lowest BCUT2D eigenvalue weighted by Gasteiger charge is -2.16. The second-order valence-corrected chi connectivity index (χ2v) is 7.81. The van der Waals surface area contributed by atoms with Crippen molar-refractivity contribution in [2.45, 2.75) is 32.2 Å². The van der Waals surface area contributed by atoms with E-state index in [4.69, 9.17) is 4.74 Å². The molecule has 0 aliphatic heterocycles. The largest absolute Gasteiger partial charge is 0.465 e.